The predicted octanol–water partition coefficient (Wildman–Crippen LogP) is 3.16. The normalized spacial score (nSPS) is 10.6. The van der Waals surface area contributed by atoms with E-state index in [4.69, 9.17) is 4.52 Å². The Morgan fingerprint density at radius 3 is 2.54 bits per heavy atom. The highest BCUT2D eigenvalue weighted by Gasteiger charge is 2.10. The number of nitrogens with zero attached hydrogens (tertiary/aromatic N) is 2. The molecule has 0 aliphatic heterocycles. The van der Waals surface area contributed by atoms with Gasteiger partial charge in [-0.2, -0.15) is 4.98 Å². The van der Waals surface area contributed by atoms with Crippen LogP contribution >= 0.6 is 0 Å². The molecule has 3 aromatic rings. The van der Waals surface area contributed by atoms with Crippen LogP contribution in [0, 0.1) is 12.7 Å². The second-order valence-electron chi connectivity index (χ2n) is 5.39. The molecule has 1 heterocycles. The van der Waals surface area contributed by atoms with E-state index in [0.717, 1.165) is 11.1 Å². The molecule has 0 radical (unpaired) electrons. The maximum Gasteiger partial charge on any atom is 0.251 e. The third-order valence-corrected chi connectivity index (χ3v) is 3.51. The van der Waals surface area contributed by atoms with Gasteiger partial charge in [0.2, 0.25) is 11.7 Å². The van der Waals surface area contributed by atoms with E-state index in [-0.39, 0.29) is 11.7 Å². The molecule has 1 aromatic heterocycles. The Morgan fingerprint density at radius 2 is 1.83 bits per heavy atom. The minimum Gasteiger partial charge on any atom is -0.352 e. The standard InChI is InChI=1S/C18H16FN3O2/c1-12-2-4-13(5-3-12)17-21-16(24-22-17)10-11-20-18(23)14-6-8-15(19)9-7-14/h2-9H,10-11H2,1H3,(H,20,23). The number of benzene rings is 2. The quantitative estimate of drug-likeness (QED) is 0.782. The van der Waals surface area contributed by atoms with Crippen LogP contribution in [0.1, 0.15) is 21.8 Å². The number of hydrogen-bond donors (Lipinski definition) is 1. The van der Waals surface area contributed by atoms with Crippen LogP contribution in [0.3, 0.4) is 0 Å². The minimum absolute atomic E-state index is 0.270. The summed E-state index contributed by atoms with van der Waals surface area (Å²) in [6.45, 7) is 2.36. The van der Waals surface area contributed by atoms with Crippen molar-refractivity contribution in [1.29, 1.82) is 0 Å². The smallest absolute Gasteiger partial charge is 0.251 e. The molecule has 5 nitrogen and oxygen atoms in total. The highest BCUT2D eigenvalue weighted by atomic mass is 19.1. The third-order valence-electron chi connectivity index (χ3n) is 3.51. The molecule has 3 rings (SSSR count). The lowest BCUT2D eigenvalue weighted by Crippen LogP contribution is -2.25. The van der Waals surface area contributed by atoms with E-state index in [2.05, 4.69) is 15.5 Å². The van der Waals surface area contributed by atoms with Crippen LogP contribution in [0.25, 0.3) is 11.4 Å². The van der Waals surface area contributed by atoms with Gasteiger partial charge in [0.15, 0.2) is 0 Å². The zero-order chi connectivity index (χ0) is 16.9. The lowest BCUT2D eigenvalue weighted by Gasteiger charge is -2.03. The van der Waals surface area contributed by atoms with Crippen LogP contribution in [-0.4, -0.2) is 22.6 Å². The number of aromatic nitrogens is 2. The Bertz CT molecular complexity index is 826. The molecule has 0 aliphatic rings. The molecule has 1 N–H and O–H groups in total. The average molecular weight is 325 g/mol. The summed E-state index contributed by atoms with van der Waals surface area (Å²) in [5.41, 5.74) is 2.44. The lowest BCUT2D eigenvalue weighted by atomic mass is 10.1. The molecule has 0 saturated carbocycles. The molecule has 0 spiro atoms. The van der Waals surface area contributed by atoms with Gasteiger partial charge in [0.1, 0.15) is 5.82 Å². The van der Waals surface area contributed by atoms with Crippen molar-refractivity contribution in [1.82, 2.24) is 15.5 Å². The third kappa shape index (κ3) is 3.84. The average Bonchev–Trinajstić information content (AvgIpc) is 3.05. The zero-order valence-corrected chi connectivity index (χ0v) is 13.1. The van der Waals surface area contributed by atoms with E-state index in [1.807, 2.05) is 31.2 Å². The summed E-state index contributed by atoms with van der Waals surface area (Å²) >= 11 is 0. The molecule has 122 valence electrons. The fraction of sp³-hybridized carbons (Fsp3) is 0.167. The molecule has 0 fully saturated rings. The van der Waals surface area contributed by atoms with Crippen molar-refractivity contribution in [3.63, 3.8) is 0 Å². The monoisotopic (exact) mass is 325 g/mol. The van der Waals surface area contributed by atoms with Gasteiger partial charge in [-0.05, 0) is 31.2 Å². The maximum atomic E-state index is 12.8. The Kier molecular flexibility index (Phi) is 4.65. The molecular formula is C18H16FN3O2. The van der Waals surface area contributed by atoms with Gasteiger partial charge in [0, 0.05) is 24.1 Å². The van der Waals surface area contributed by atoms with E-state index >= 15 is 0 Å². The van der Waals surface area contributed by atoms with E-state index in [9.17, 15) is 9.18 Å². The van der Waals surface area contributed by atoms with Crippen molar-refractivity contribution in [2.45, 2.75) is 13.3 Å². The summed E-state index contributed by atoms with van der Waals surface area (Å²) < 4.78 is 18.0. The number of rotatable bonds is 5. The summed E-state index contributed by atoms with van der Waals surface area (Å²) in [5, 5.41) is 6.68. The van der Waals surface area contributed by atoms with Crippen molar-refractivity contribution in [2.24, 2.45) is 0 Å². The SMILES string of the molecule is Cc1ccc(-c2noc(CCNC(=O)c3ccc(F)cc3)n2)cc1. The van der Waals surface area contributed by atoms with Crippen LogP contribution in [0.5, 0.6) is 0 Å². The number of carbonyl (C=O) groups is 1. The molecule has 1 amide bonds. The molecule has 0 atom stereocenters. The molecule has 2 aromatic carbocycles. The largest absolute Gasteiger partial charge is 0.352 e. The van der Waals surface area contributed by atoms with Crippen molar-refractivity contribution in [3.8, 4) is 11.4 Å². The molecule has 0 bridgehead atoms. The van der Waals surface area contributed by atoms with E-state index in [1.165, 1.54) is 24.3 Å². The van der Waals surface area contributed by atoms with Gasteiger partial charge in [-0.3, -0.25) is 4.79 Å². The molecule has 0 aliphatic carbocycles. The van der Waals surface area contributed by atoms with Gasteiger partial charge in [-0.1, -0.05) is 35.0 Å². The number of amides is 1. The number of carbonyl (C=O) groups excluding carboxylic acids is 1. The van der Waals surface area contributed by atoms with Crippen LogP contribution in [0.15, 0.2) is 53.1 Å². The van der Waals surface area contributed by atoms with Crippen molar-refractivity contribution < 1.29 is 13.7 Å². The van der Waals surface area contributed by atoms with Crippen molar-refractivity contribution in [3.05, 3.63) is 71.4 Å². The number of nitrogens with one attached hydrogen (secondary N) is 1. The first-order valence-electron chi connectivity index (χ1n) is 7.55. The number of aryl methyl sites for hydroxylation is 1. The summed E-state index contributed by atoms with van der Waals surface area (Å²) in [4.78, 5) is 16.2. The van der Waals surface area contributed by atoms with Gasteiger partial charge < -0.3 is 9.84 Å². The first-order valence-corrected chi connectivity index (χ1v) is 7.55. The van der Waals surface area contributed by atoms with Crippen LogP contribution in [0.2, 0.25) is 0 Å². The van der Waals surface area contributed by atoms with Crippen LogP contribution in [0.4, 0.5) is 4.39 Å². The number of halogens is 1. The van der Waals surface area contributed by atoms with E-state index < -0.39 is 0 Å². The topological polar surface area (TPSA) is 68.0 Å². The van der Waals surface area contributed by atoms with Crippen molar-refractivity contribution in [2.75, 3.05) is 6.54 Å². The van der Waals surface area contributed by atoms with E-state index in [0.29, 0.717) is 30.2 Å². The maximum absolute atomic E-state index is 12.8. The zero-order valence-electron chi connectivity index (χ0n) is 13.1. The van der Waals surface area contributed by atoms with E-state index in [1.54, 1.807) is 0 Å². The van der Waals surface area contributed by atoms with Crippen molar-refractivity contribution >= 4 is 5.91 Å². The minimum atomic E-state index is -0.374. The molecule has 0 unspecified atom stereocenters. The predicted molar refractivity (Wildman–Crippen MR) is 86.9 cm³/mol. The first kappa shape index (κ1) is 15.9. The van der Waals surface area contributed by atoms with Gasteiger partial charge in [0.25, 0.3) is 5.91 Å². The highest BCUT2D eigenvalue weighted by molar-refractivity contribution is 5.94. The summed E-state index contributed by atoms with van der Waals surface area (Å²) in [7, 11) is 0. The second-order valence-corrected chi connectivity index (χ2v) is 5.39. The Labute approximate surface area is 138 Å². The summed E-state index contributed by atoms with van der Waals surface area (Å²) in [6, 6.07) is 13.2. The molecule has 24 heavy (non-hydrogen) atoms. The summed E-state index contributed by atoms with van der Waals surface area (Å²) in [6.07, 6.45) is 0.422. The fourth-order valence-electron chi connectivity index (χ4n) is 2.16. The Balaban J connectivity index is 1.55. The van der Waals surface area contributed by atoms with Gasteiger partial charge in [-0.15, -0.1) is 0 Å². The fourth-order valence-corrected chi connectivity index (χ4v) is 2.16. The molecular weight excluding hydrogens is 309 g/mol. The second kappa shape index (κ2) is 7.04. The van der Waals surface area contributed by atoms with Crippen LogP contribution < -0.4 is 5.32 Å². The Morgan fingerprint density at radius 1 is 1.12 bits per heavy atom. The van der Waals surface area contributed by atoms with Gasteiger partial charge in [-0.25, -0.2) is 4.39 Å². The lowest BCUT2D eigenvalue weighted by molar-refractivity contribution is 0.0953. The highest BCUT2D eigenvalue weighted by Crippen LogP contribution is 2.16. The summed E-state index contributed by atoms with van der Waals surface area (Å²) in [5.74, 6) is 0.328. The van der Waals surface area contributed by atoms with Gasteiger partial charge >= 0.3 is 0 Å². The number of hydrogen-bond acceptors (Lipinski definition) is 4. The Hall–Kier alpha value is -3.02. The molecule has 6 heteroatoms. The first-order chi connectivity index (χ1) is 11.6. The van der Waals surface area contributed by atoms with Gasteiger partial charge in [0.05, 0.1) is 0 Å². The van der Waals surface area contributed by atoms with Crippen LogP contribution in [-0.2, 0) is 6.42 Å². The molecule has 0 saturated heterocycles.